The molecule has 2 rings (SSSR count). The fraction of sp³-hybridized carbons (Fsp3) is 0.533. The van der Waals surface area contributed by atoms with E-state index in [4.69, 9.17) is 0 Å². The molecule has 1 aromatic rings. The van der Waals surface area contributed by atoms with Gasteiger partial charge < -0.3 is 10.1 Å². The molecule has 0 radical (unpaired) electrons. The summed E-state index contributed by atoms with van der Waals surface area (Å²) in [5.41, 5.74) is 0.336. The Balaban J connectivity index is 1.82. The number of benzene rings is 1. The van der Waals surface area contributed by atoms with Gasteiger partial charge >= 0.3 is 6.36 Å². The van der Waals surface area contributed by atoms with Crippen LogP contribution >= 0.6 is 0 Å². The normalized spacial score (nSPS) is 17.1. The van der Waals surface area contributed by atoms with Crippen LogP contribution in [0.1, 0.15) is 0 Å². The first-order valence-corrected chi connectivity index (χ1v) is 9.43. The number of nitrogens with zero attached hydrogens (tertiary/aromatic N) is 3. The minimum absolute atomic E-state index is 0.0522. The number of alkyl halides is 3. The van der Waals surface area contributed by atoms with Crippen LogP contribution in [0.4, 0.5) is 18.9 Å². The van der Waals surface area contributed by atoms with Gasteiger partial charge in [-0.3, -0.25) is 9.69 Å². The number of rotatable bonds is 6. The second-order valence-corrected chi connectivity index (χ2v) is 8.23. The van der Waals surface area contributed by atoms with E-state index in [0.29, 0.717) is 18.8 Å². The third-order valence-corrected chi connectivity index (χ3v) is 5.80. The number of amides is 1. The molecule has 152 valence electrons. The van der Waals surface area contributed by atoms with Crippen molar-refractivity contribution < 1.29 is 31.1 Å². The number of anilines is 1. The molecule has 1 aromatic carbocycles. The molecule has 0 spiro atoms. The molecule has 27 heavy (non-hydrogen) atoms. The molecule has 0 saturated carbocycles. The summed E-state index contributed by atoms with van der Waals surface area (Å²) < 4.78 is 66.7. The van der Waals surface area contributed by atoms with E-state index in [9.17, 15) is 26.4 Å². The van der Waals surface area contributed by atoms with Crippen LogP contribution in [0.2, 0.25) is 0 Å². The maximum Gasteiger partial charge on any atom is 0.573 e. The lowest BCUT2D eigenvalue weighted by atomic mass is 10.3. The highest BCUT2D eigenvalue weighted by Gasteiger charge is 2.31. The third kappa shape index (κ3) is 6.34. The molecule has 1 heterocycles. The van der Waals surface area contributed by atoms with Crippen LogP contribution in [0.15, 0.2) is 24.3 Å². The van der Waals surface area contributed by atoms with E-state index < -0.39 is 16.6 Å². The zero-order valence-corrected chi connectivity index (χ0v) is 15.7. The molecule has 1 aliphatic heterocycles. The van der Waals surface area contributed by atoms with Crippen LogP contribution in [-0.2, 0) is 15.0 Å². The van der Waals surface area contributed by atoms with Gasteiger partial charge in [-0.15, -0.1) is 13.2 Å². The van der Waals surface area contributed by atoms with Gasteiger partial charge in [0.2, 0.25) is 5.91 Å². The van der Waals surface area contributed by atoms with Crippen molar-refractivity contribution in [3.63, 3.8) is 0 Å². The van der Waals surface area contributed by atoms with E-state index in [1.54, 1.807) is 4.90 Å². The molecule has 0 aliphatic carbocycles. The molecule has 0 bridgehead atoms. The second kappa shape index (κ2) is 8.42. The highest BCUT2D eigenvalue weighted by atomic mass is 32.2. The molecule has 0 aromatic heterocycles. The van der Waals surface area contributed by atoms with Gasteiger partial charge in [-0.25, -0.2) is 0 Å². The van der Waals surface area contributed by atoms with Crippen LogP contribution in [0, 0.1) is 0 Å². The maximum absolute atomic E-state index is 12.1. The predicted molar refractivity (Wildman–Crippen MR) is 92.4 cm³/mol. The first kappa shape index (κ1) is 21.4. The van der Waals surface area contributed by atoms with E-state index in [2.05, 4.69) is 10.1 Å². The summed E-state index contributed by atoms with van der Waals surface area (Å²) in [5, 5.41) is 2.58. The van der Waals surface area contributed by atoms with Crippen LogP contribution in [0.3, 0.4) is 0 Å². The number of carbonyl (C=O) groups is 1. The maximum atomic E-state index is 12.1. The fourth-order valence-electron chi connectivity index (χ4n) is 2.49. The number of carbonyl (C=O) groups excluding carboxylic acids is 1. The fourth-order valence-corrected chi connectivity index (χ4v) is 3.58. The van der Waals surface area contributed by atoms with Gasteiger partial charge in [0.25, 0.3) is 10.2 Å². The summed E-state index contributed by atoms with van der Waals surface area (Å²) in [6, 6.07) is 4.82. The molecule has 1 N–H and O–H groups in total. The number of hydrogen-bond donors (Lipinski definition) is 1. The third-order valence-electron chi connectivity index (χ3n) is 3.86. The first-order chi connectivity index (χ1) is 12.5. The van der Waals surface area contributed by atoms with Crippen molar-refractivity contribution in [2.24, 2.45) is 0 Å². The van der Waals surface area contributed by atoms with E-state index in [1.165, 1.54) is 30.5 Å². The van der Waals surface area contributed by atoms with Gasteiger partial charge in [0, 0.05) is 46.0 Å². The van der Waals surface area contributed by atoms with Crippen molar-refractivity contribution in [3.8, 4) is 5.75 Å². The first-order valence-electron chi connectivity index (χ1n) is 8.03. The SMILES string of the molecule is CN(C)S(=O)(=O)N1CCN(CC(=O)Nc2ccc(OC(F)(F)F)cc2)CC1. The predicted octanol–water partition coefficient (Wildman–Crippen LogP) is 0.948. The topological polar surface area (TPSA) is 82.2 Å². The Labute approximate surface area is 155 Å². The molecule has 1 saturated heterocycles. The average Bonchev–Trinajstić information content (AvgIpc) is 2.55. The van der Waals surface area contributed by atoms with Gasteiger partial charge in [0.05, 0.1) is 6.54 Å². The number of piperazine rings is 1. The standard InChI is InChI=1S/C15H21F3N4O4S/c1-20(2)27(24,25)22-9-7-21(8-10-22)11-14(23)19-12-3-5-13(6-4-12)26-15(16,17)18/h3-6H,7-11H2,1-2H3,(H,19,23). The lowest BCUT2D eigenvalue weighted by molar-refractivity contribution is -0.274. The molecular weight excluding hydrogens is 389 g/mol. The summed E-state index contributed by atoms with van der Waals surface area (Å²) in [6.07, 6.45) is -4.77. The van der Waals surface area contributed by atoms with Crippen LogP contribution < -0.4 is 10.1 Å². The van der Waals surface area contributed by atoms with Crippen molar-refractivity contribution in [2.45, 2.75) is 6.36 Å². The van der Waals surface area contributed by atoms with E-state index in [-0.39, 0.29) is 31.3 Å². The number of halogens is 3. The van der Waals surface area contributed by atoms with Crippen LogP contribution in [-0.4, -0.2) is 81.0 Å². The zero-order chi connectivity index (χ0) is 20.2. The second-order valence-electron chi connectivity index (χ2n) is 6.09. The summed E-state index contributed by atoms with van der Waals surface area (Å²) in [4.78, 5) is 13.9. The lowest BCUT2D eigenvalue weighted by Gasteiger charge is -2.34. The van der Waals surface area contributed by atoms with E-state index in [1.807, 2.05) is 0 Å². The largest absolute Gasteiger partial charge is 0.573 e. The van der Waals surface area contributed by atoms with Crippen molar-refractivity contribution in [1.82, 2.24) is 13.5 Å². The van der Waals surface area contributed by atoms with Crippen LogP contribution in [0.5, 0.6) is 5.75 Å². The highest BCUT2D eigenvalue weighted by Crippen LogP contribution is 2.24. The molecule has 1 aliphatic rings. The van der Waals surface area contributed by atoms with Gasteiger partial charge in [-0.1, -0.05) is 0 Å². The van der Waals surface area contributed by atoms with Crippen molar-refractivity contribution in [1.29, 1.82) is 0 Å². The summed E-state index contributed by atoms with van der Waals surface area (Å²) in [6.45, 7) is 1.41. The zero-order valence-electron chi connectivity index (χ0n) is 14.9. The molecule has 0 atom stereocenters. The smallest absolute Gasteiger partial charge is 0.406 e. The number of ether oxygens (including phenoxy) is 1. The Kier molecular flexibility index (Phi) is 6.68. The minimum Gasteiger partial charge on any atom is -0.406 e. The molecule has 0 unspecified atom stereocenters. The Morgan fingerprint density at radius 3 is 2.19 bits per heavy atom. The lowest BCUT2D eigenvalue weighted by Crippen LogP contribution is -2.52. The van der Waals surface area contributed by atoms with Crippen molar-refractivity contribution in [3.05, 3.63) is 24.3 Å². The Hall–Kier alpha value is -1.89. The van der Waals surface area contributed by atoms with Crippen molar-refractivity contribution >= 4 is 21.8 Å². The average molecular weight is 410 g/mol. The number of hydrogen-bond acceptors (Lipinski definition) is 5. The summed E-state index contributed by atoms with van der Waals surface area (Å²) in [7, 11) is -0.553. The Morgan fingerprint density at radius 1 is 1.15 bits per heavy atom. The summed E-state index contributed by atoms with van der Waals surface area (Å²) >= 11 is 0. The minimum atomic E-state index is -4.77. The molecular formula is C15H21F3N4O4S. The molecule has 8 nitrogen and oxygen atoms in total. The van der Waals surface area contributed by atoms with Gasteiger partial charge in [0.15, 0.2) is 0 Å². The van der Waals surface area contributed by atoms with E-state index >= 15 is 0 Å². The van der Waals surface area contributed by atoms with E-state index in [0.717, 1.165) is 16.4 Å². The highest BCUT2D eigenvalue weighted by molar-refractivity contribution is 7.86. The molecule has 1 amide bonds. The quantitative estimate of drug-likeness (QED) is 0.755. The Morgan fingerprint density at radius 2 is 1.70 bits per heavy atom. The van der Waals surface area contributed by atoms with Crippen molar-refractivity contribution in [2.75, 3.05) is 52.1 Å². The van der Waals surface area contributed by atoms with Crippen LogP contribution in [0.25, 0.3) is 0 Å². The van der Waals surface area contributed by atoms with Gasteiger partial charge in [0.1, 0.15) is 5.75 Å². The summed E-state index contributed by atoms with van der Waals surface area (Å²) in [5.74, 6) is -0.720. The molecule has 1 fully saturated rings. The number of nitrogens with one attached hydrogen (secondary N) is 1. The Bertz CT molecular complexity index is 745. The van der Waals surface area contributed by atoms with Gasteiger partial charge in [-0.05, 0) is 24.3 Å². The molecule has 12 heteroatoms. The van der Waals surface area contributed by atoms with Gasteiger partial charge in [-0.2, -0.15) is 17.0 Å². The monoisotopic (exact) mass is 410 g/mol.